The molecular weight excluding hydrogens is 1030 g/mol. The summed E-state index contributed by atoms with van der Waals surface area (Å²) in [5, 5.41) is 0. The van der Waals surface area contributed by atoms with Gasteiger partial charge in [-0.2, -0.15) is 0 Å². The number of hydrogen-bond donors (Lipinski definition) is 0. The first-order valence-corrected chi connectivity index (χ1v) is 32.9. The monoisotopic (exact) mass is 1130 g/mol. The third-order valence-corrected chi connectivity index (χ3v) is 16.7. The van der Waals surface area contributed by atoms with E-state index in [1.54, 1.807) is 12.1 Å². The van der Waals surface area contributed by atoms with Crippen LogP contribution in [0.5, 0.6) is 0 Å². The van der Waals surface area contributed by atoms with Crippen molar-refractivity contribution in [2.75, 3.05) is 0 Å². The van der Waals surface area contributed by atoms with Crippen LogP contribution < -0.4 is 88.7 Å². The summed E-state index contributed by atoms with van der Waals surface area (Å²) < 4.78 is 99.3. The van der Waals surface area contributed by atoms with Crippen molar-refractivity contribution in [1.29, 1.82) is 0 Å². The quantitative estimate of drug-likeness (QED) is 0.0307. The zero-order valence-corrected chi connectivity index (χ0v) is 57.3. The molecule has 3 atom stereocenters. The van der Waals surface area contributed by atoms with Crippen LogP contribution in [0.2, 0.25) is 0 Å². The van der Waals surface area contributed by atoms with Gasteiger partial charge in [-0.25, -0.2) is 25.3 Å². The van der Waals surface area contributed by atoms with Gasteiger partial charge in [0.1, 0.15) is 30.4 Å². The summed E-state index contributed by atoms with van der Waals surface area (Å²) in [5.41, 5.74) is 3.49. The van der Waals surface area contributed by atoms with Crippen LogP contribution >= 0.6 is 0 Å². The molecule has 15 heteroatoms. The maximum absolute atomic E-state index is 11.1. The van der Waals surface area contributed by atoms with Crippen molar-refractivity contribution in [2.24, 2.45) is 0 Å². The molecule has 0 aliphatic heterocycles. The second kappa shape index (κ2) is 49.0. The molecule has 414 valence electrons. The summed E-state index contributed by atoms with van der Waals surface area (Å²) in [5.74, 6) is 1.41. The second-order valence-electron chi connectivity index (χ2n) is 20.3. The fourth-order valence-electron chi connectivity index (χ4n) is 9.59. The average molecular weight is 1130 g/mol. The Kier molecular flexibility index (Phi) is 52.1. The molecule has 3 aromatic carbocycles. The maximum atomic E-state index is 11.1. The standard InChI is InChI=1S/3C20H34O3S.3Na/c1-3-5-6-7-8-9-10-11-12-13-18(4-2)19-14-16-20(17-15-19)24(21,22)23;1-3-5-7-8-9-10-11-13-18(12-6-4-2)19-14-16-20(17-15-19)24(21,22)23;1-3-5-7-9-11-13-18(12-10-8-6-4-2)19-14-16-20(17-15-19)24(21,22)23;;;/h3*14-18H,3-13H2,1-2H3,(H,21,22,23);;;/q;;;3*+1/p-3. The number of benzene rings is 3. The predicted molar refractivity (Wildman–Crippen MR) is 298 cm³/mol. The smallest absolute Gasteiger partial charge is 0.744 e. The van der Waals surface area contributed by atoms with Gasteiger partial charge < -0.3 is 13.7 Å². The van der Waals surface area contributed by atoms with Gasteiger partial charge in [-0.15, -0.1) is 0 Å². The molecule has 0 radical (unpaired) electrons. The van der Waals surface area contributed by atoms with Crippen LogP contribution in [0.4, 0.5) is 0 Å². The Hall–Kier alpha value is 0.390. The van der Waals surface area contributed by atoms with Crippen molar-refractivity contribution in [1.82, 2.24) is 0 Å². The van der Waals surface area contributed by atoms with Crippen molar-refractivity contribution in [3.63, 3.8) is 0 Å². The van der Waals surface area contributed by atoms with Gasteiger partial charge in [0.25, 0.3) is 0 Å². The van der Waals surface area contributed by atoms with Gasteiger partial charge in [0, 0.05) is 0 Å². The molecule has 0 aliphatic carbocycles. The normalized spacial score (nSPS) is 12.6. The first kappa shape index (κ1) is 79.6. The molecule has 3 rings (SSSR count). The van der Waals surface area contributed by atoms with Crippen LogP contribution in [0.1, 0.15) is 288 Å². The first-order chi connectivity index (χ1) is 34.5. The molecule has 0 N–H and O–H groups in total. The van der Waals surface area contributed by atoms with Gasteiger partial charge in [0.15, 0.2) is 0 Å². The van der Waals surface area contributed by atoms with Gasteiger partial charge in [0.2, 0.25) is 0 Å². The Bertz CT molecular complexity index is 2100. The number of rotatable bonds is 39. The van der Waals surface area contributed by atoms with Crippen molar-refractivity contribution < 1.29 is 128 Å². The van der Waals surface area contributed by atoms with E-state index >= 15 is 0 Å². The number of hydrogen-bond acceptors (Lipinski definition) is 9. The molecule has 0 amide bonds. The Morgan fingerprint density at radius 1 is 0.280 bits per heavy atom. The maximum Gasteiger partial charge on any atom is 1.00 e. The number of unbranched alkanes of at least 4 members (excludes halogenated alkanes) is 22. The average Bonchev–Trinajstić information content (AvgIpc) is 3.35. The van der Waals surface area contributed by atoms with Gasteiger partial charge >= 0.3 is 88.7 Å². The minimum Gasteiger partial charge on any atom is -0.744 e. The van der Waals surface area contributed by atoms with E-state index in [4.69, 9.17) is 0 Å². The van der Waals surface area contributed by atoms with Crippen LogP contribution in [-0.4, -0.2) is 38.9 Å². The van der Waals surface area contributed by atoms with E-state index in [0.717, 1.165) is 44.1 Å². The largest absolute Gasteiger partial charge is 1.00 e. The van der Waals surface area contributed by atoms with Crippen molar-refractivity contribution >= 4 is 30.4 Å². The van der Waals surface area contributed by atoms with Crippen LogP contribution in [0.3, 0.4) is 0 Å². The molecule has 0 fully saturated rings. The molecule has 0 aliphatic rings. The predicted octanol–water partition coefficient (Wildman–Crippen LogP) is 9.03. The molecular formula is C60H99Na3O9S3. The Balaban J connectivity index is -0.00000102. The Labute approximate surface area is 527 Å². The molecule has 0 aromatic heterocycles. The van der Waals surface area contributed by atoms with Crippen LogP contribution in [0, 0.1) is 0 Å². The molecule has 0 saturated heterocycles. The SMILES string of the molecule is CCCCCCCC(CCCCCC)c1ccc(S(=O)(=O)[O-])cc1.CCCCCCCCCC(CCCC)c1ccc(S(=O)(=O)[O-])cc1.CCCCCCCCCCCC(CC)c1ccc(S(=O)(=O)[O-])cc1.[Na+].[Na+].[Na+]. The van der Waals surface area contributed by atoms with E-state index in [-0.39, 0.29) is 103 Å². The van der Waals surface area contributed by atoms with Gasteiger partial charge in [-0.3, -0.25) is 0 Å². The van der Waals surface area contributed by atoms with Crippen LogP contribution in [0.15, 0.2) is 87.5 Å². The van der Waals surface area contributed by atoms with Crippen LogP contribution in [0.25, 0.3) is 0 Å². The second-order valence-corrected chi connectivity index (χ2v) is 24.4. The van der Waals surface area contributed by atoms with Gasteiger partial charge in [0.05, 0.1) is 14.7 Å². The summed E-state index contributed by atoms with van der Waals surface area (Å²) in [6.45, 7) is 13.3. The molecule has 3 aromatic rings. The summed E-state index contributed by atoms with van der Waals surface area (Å²) in [6.07, 6.45) is 41.5. The summed E-state index contributed by atoms with van der Waals surface area (Å²) in [6, 6.07) is 19.7. The molecule has 75 heavy (non-hydrogen) atoms. The fraction of sp³-hybridized carbons (Fsp3) is 0.700. The summed E-state index contributed by atoms with van der Waals surface area (Å²) in [7, 11) is -13.0. The molecule has 0 saturated carbocycles. The minimum absolute atomic E-state index is 0. The van der Waals surface area contributed by atoms with Crippen LogP contribution in [-0.2, 0) is 30.4 Å². The Morgan fingerprint density at radius 3 is 0.693 bits per heavy atom. The summed E-state index contributed by atoms with van der Waals surface area (Å²) in [4.78, 5) is -0.389. The molecule has 0 spiro atoms. The Morgan fingerprint density at radius 2 is 0.467 bits per heavy atom. The van der Waals surface area contributed by atoms with E-state index in [1.807, 2.05) is 24.3 Å². The van der Waals surface area contributed by atoms with Gasteiger partial charge in [-0.1, -0.05) is 251 Å². The van der Waals surface area contributed by atoms with E-state index in [2.05, 4.69) is 41.5 Å². The third kappa shape index (κ3) is 39.5. The van der Waals surface area contributed by atoms with E-state index < -0.39 is 30.4 Å². The summed E-state index contributed by atoms with van der Waals surface area (Å²) >= 11 is 0. The molecule has 3 unspecified atom stereocenters. The van der Waals surface area contributed by atoms with Crippen molar-refractivity contribution in [2.45, 2.75) is 286 Å². The minimum atomic E-state index is -4.35. The molecule has 0 heterocycles. The van der Waals surface area contributed by atoms with Crippen molar-refractivity contribution in [3.8, 4) is 0 Å². The van der Waals surface area contributed by atoms with Crippen molar-refractivity contribution in [3.05, 3.63) is 89.5 Å². The van der Waals surface area contributed by atoms with Gasteiger partial charge in [-0.05, 0) is 109 Å². The zero-order valence-electron chi connectivity index (χ0n) is 48.9. The molecule has 0 bridgehead atoms. The zero-order chi connectivity index (χ0) is 53.5. The van der Waals surface area contributed by atoms with E-state index in [9.17, 15) is 38.9 Å². The molecule has 9 nitrogen and oxygen atoms in total. The first-order valence-electron chi connectivity index (χ1n) is 28.6. The third-order valence-electron chi connectivity index (χ3n) is 14.2. The van der Waals surface area contributed by atoms with E-state index in [0.29, 0.717) is 17.8 Å². The fourth-order valence-corrected chi connectivity index (χ4v) is 11.0. The van der Waals surface area contributed by atoms with E-state index in [1.165, 1.54) is 221 Å². The topological polar surface area (TPSA) is 172 Å².